The van der Waals surface area contributed by atoms with Crippen molar-refractivity contribution < 1.29 is 14.3 Å². The molecule has 0 aliphatic heterocycles. The molecule has 0 saturated carbocycles. The van der Waals surface area contributed by atoms with E-state index in [4.69, 9.17) is 9.47 Å². The fourth-order valence-electron chi connectivity index (χ4n) is 3.00. The predicted molar refractivity (Wildman–Crippen MR) is 134 cm³/mol. The largest absolute Gasteiger partial charge is 0.490 e. The highest BCUT2D eigenvalue weighted by Gasteiger charge is 2.13. The highest BCUT2D eigenvalue weighted by atomic mass is 32.1. The molecule has 2 aromatic carbocycles. The average molecular weight is 477 g/mol. The van der Waals surface area contributed by atoms with Crippen LogP contribution >= 0.6 is 11.3 Å². The molecule has 1 heterocycles. The summed E-state index contributed by atoms with van der Waals surface area (Å²) in [7, 11) is 0. The van der Waals surface area contributed by atoms with Gasteiger partial charge in [-0.05, 0) is 66.8 Å². The maximum atomic E-state index is 12.5. The van der Waals surface area contributed by atoms with Gasteiger partial charge in [0.15, 0.2) is 0 Å². The molecule has 0 aliphatic rings. The number of anilines is 1. The Morgan fingerprint density at radius 3 is 2.38 bits per heavy atom. The van der Waals surface area contributed by atoms with E-state index in [1.807, 2.05) is 24.3 Å². The van der Waals surface area contributed by atoms with Gasteiger partial charge in [-0.1, -0.05) is 43.4 Å². The van der Waals surface area contributed by atoms with E-state index in [2.05, 4.69) is 43.2 Å². The van der Waals surface area contributed by atoms with E-state index in [0.717, 1.165) is 17.2 Å². The van der Waals surface area contributed by atoms with Crippen molar-refractivity contribution in [3.8, 4) is 17.6 Å². The van der Waals surface area contributed by atoms with Crippen LogP contribution in [0, 0.1) is 31.1 Å². The molecule has 8 heteroatoms. The second-order valence-electron chi connectivity index (χ2n) is 8.23. The number of hydrogen-bond acceptors (Lipinski definition) is 7. The van der Waals surface area contributed by atoms with E-state index in [1.165, 1.54) is 28.5 Å². The molecule has 0 atom stereocenters. The van der Waals surface area contributed by atoms with Crippen molar-refractivity contribution in [1.29, 1.82) is 5.26 Å². The van der Waals surface area contributed by atoms with Gasteiger partial charge in [-0.3, -0.25) is 10.1 Å². The van der Waals surface area contributed by atoms with Crippen molar-refractivity contribution in [2.24, 2.45) is 5.92 Å². The van der Waals surface area contributed by atoms with E-state index < -0.39 is 5.91 Å². The van der Waals surface area contributed by atoms with Crippen LogP contribution in [-0.4, -0.2) is 29.3 Å². The molecule has 3 aromatic rings. The molecular weight excluding hydrogens is 448 g/mol. The van der Waals surface area contributed by atoms with E-state index in [1.54, 1.807) is 24.3 Å². The lowest BCUT2D eigenvalue weighted by molar-refractivity contribution is -0.112. The summed E-state index contributed by atoms with van der Waals surface area (Å²) in [5.74, 6) is 1.43. The van der Waals surface area contributed by atoms with Gasteiger partial charge in [0.25, 0.3) is 5.91 Å². The lowest BCUT2D eigenvalue weighted by Crippen LogP contribution is -2.13. The molecule has 0 spiro atoms. The first-order chi connectivity index (χ1) is 16.3. The lowest BCUT2D eigenvalue weighted by atomic mass is 10.1. The molecule has 0 bridgehead atoms. The highest BCUT2D eigenvalue weighted by Crippen LogP contribution is 2.20. The summed E-state index contributed by atoms with van der Waals surface area (Å²) in [6.07, 6.45) is 2.32. The molecule has 0 radical (unpaired) electrons. The lowest BCUT2D eigenvalue weighted by Gasteiger charge is -2.10. The Balaban J connectivity index is 1.51. The number of benzene rings is 2. The van der Waals surface area contributed by atoms with Crippen LogP contribution in [0.5, 0.6) is 11.5 Å². The second-order valence-corrected chi connectivity index (χ2v) is 9.30. The van der Waals surface area contributed by atoms with Gasteiger partial charge in [-0.15, -0.1) is 10.2 Å². The van der Waals surface area contributed by atoms with Crippen molar-refractivity contribution in [3.05, 3.63) is 69.7 Å². The Hall–Kier alpha value is -3.70. The Morgan fingerprint density at radius 1 is 1.06 bits per heavy atom. The molecule has 0 unspecified atom stereocenters. The van der Waals surface area contributed by atoms with Crippen molar-refractivity contribution in [3.63, 3.8) is 0 Å². The third kappa shape index (κ3) is 7.42. The molecule has 0 fully saturated rings. The summed E-state index contributed by atoms with van der Waals surface area (Å²) in [6, 6.07) is 15.1. The standard InChI is InChI=1S/C26H28N4O3S/c1-17(2)13-24-29-30-26(34-24)28-25(31)21(16-27)15-20-6-9-22(10-7-20)32-11-12-33-23-8-5-18(3)19(4)14-23/h5-10,14-15,17H,11-13H2,1-4H3,(H,28,30,31)/b21-15-. The van der Waals surface area contributed by atoms with Crippen LogP contribution in [-0.2, 0) is 11.2 Å². The average Bonchev–Trinajstić information content (AvgIpc) is 3.24. The minimum absolute atomic E-state index is 0.0175. The second kappa shape index (κ2) is 12.0. The molecule has 34 heavy (non-hydrogen) atoms. The Morgan fingerprint density at radius 2 is 1.74 bits per heavy atom. The zero-order valence-corrected chi connectivity index (χ0v) is 20.6. The number of amides is 1. The van der Waals surface area contributed by atoms with Crippen molar-refractivity contribution in [1.82, 2.24) is 10.2 Å². The van der Waals surface area contributed by atoms with Crippen LogP contribution in [0.4, 0.5) is 5.13 Å². The quantitative estimate of drug-likeness (QED) is 0.240. The summed E-state index contributed by atoms with van der Waals surface area (Å²) >= 11 is 1.32. The molecular formula is C26H28N4O3S. The van der Waals surface area contributed by atoms with Crippen LogP contribution in [0.15, 0.2) is 48.0 Å². The summed E-state index contributed by atoms with van der Waals surface area (Å²) < 4.78 is 11.4. The topological polar surface area (TPSA) is 97.1 Å². The van der Waals surface area contributed by atoms with Crippen molar-refractivity contribution in [2.45, 2.75) is 34.1 Å². The fraction of sp³-hybridized carbons (Fsp3) is 0.308. The van der Waals surface area contributed by atoms with Crippen LogP contribution in [0.3, 0.4) is 0 Å². The summed E-state index contributed by atoms with van der Waals surface area (Å²) in [5.41, 5.74) is 3.11. The number of nitrogens with one attached hydrogen (secondary N) is 1. The highest BCUT2D eigenvalue weighted by molar-refractivity contribution is 7.15. The molecule has 0 aliphatic carbocycles. The minimum atomic E-state index is -0.515. The van der Waals surface area contributed by atoms with Gasteiger partial charge in [0.1, 0.15) is 41.4 Å². The molecule has 1 amide bonds. The van der Waals surface area contributed by atoms with Gasteiger partial charge in [-0.2, -0.15) is 5.26 Å². The number of ether oxygens (including phenoxy) is 2. The normalized spacial score (nSPS) is 11.2. The number of carbonyl (C=O) groups excluding carboxylic acids is 1. The maximum Gasteiger partial charge on any atom is 0.268 e. The summed E-state index contributed by atoms with van der Waals surface area (Å²) in [4.78, 5) is 12.5. The number of nitriles is 1. The molecule has 176 valence electrons. The van der Waals surface area contributed by atoms with Crippen LogP contribution in [0.1, 0.15) is 35.5 Å². The van der Waals surface area contributed by atoms with E-state index in [-0.39, 0.29) is 5.57 Å². The number of nitrogens with zero attached hydrogens (tertiary/aromatic N) is 3. The Bertz CT molecular complexity index is 1190. The first-order valence-corrected chi connectivity index (χ1v) is 11.8. The number of aryl methyl sites for hydroxylation is 2. The molecule has 7 nitrogen and oxygen atoms in total. The third-order valence-corrected chi connectivity index (χ3v) is 5.79. The molecule has 1 N–H and O–H groups in total. The number of rotatable bonds is 10. The van der Waals surface area contributed by atoms with E-state index in [0.29, 0.717) is 35.6 Å². The van der Waals surface area contributed by atoms with E-state index in [9.17, 15) is 10.1 Å². The number of aromatic nitrogens is 2. The molecule has 1 aromatic heterocycles. The predicted octanol–water partition coefficient (Wildman–Crippen LogP) is 5.36. The molecule has 0 saturated heterocycles. The van der Waals surface area contributed by atoms with Gasteiger partial charge in [-0.25, -0.2) is 0 Å². The SMILES string of the molecule is Cc1ccc(OCCOc2ccc(/C=C(/C#N)C(=O)Nc3nnc(CC(C)C)s3)cc2)cc1C. The zero-order valence-electron chi connectivity index (χ0n) is 19.8. The summed E-state index contributed by atoms with van der Waals surface area (Å²) in [5, 5.41) is 21.4. The van der Waals surface area contributed by atoms with Crippen LogP contribution in [0.2, 0.25) is 0 Å². The first kappa shape index (κ1) is 24.9. The summed E-state index contributed by atoms with van der Waals surface area (Å²) in [6.45, 7) is 9.12. The maximum absolute atomic E-state index is 12.5. The van der Waals surface area contributed by atoms with Gasteiger partial charge in [0, 0.05) is 6.42 Å². The first-order valence-electron chi connectivity index (χ1n) is 11.0. The van der Waals surface area contributed by atoms with Gasteiger partial charge >= 0.3 is 0 Å². The van der Waals surface area contributed by atoms with Crippen LogP contribution in [0.25, 0.3) is 6.08 Å². The third-order valence-electron chi connectivity index (χ3n) is 4.93. The van der Waals surface area contributed by atoms with Crippen molar-refractivity contribution >= 4 is 28.5 Å². The Labute approximate surface area is 204 Å². The van der Waals surface area contributed by atoms with Crippen molar-refractivity contribution in [2.75, 3.05) is 18.5 Å². The minimum Gasteiger partial charge on any atom is -0.490 e. The number of carbonyl (C=O) groups is 1. The Kier molecular flexibility index (Phi) is 8.77. The fourth-order valence-corrected chi connectivity index (χ4v) is 3.95. The van der Waals surface area contributed by atoms with Gasteiger partial charge in [0.05, 0.1) is 0 Å². The smallest absolute Gasteiger partial charge is 0.268 e. The van der Waals surface area contributed by atoms with Gasteiger partial charge < -0.3 is 9.47 Å². The monoisotopic (exact) mass is 476 g/mol. The molecule has 3 rings (SSSR count). The van der Waals surface area contributed by atoms with Crippen LogP contribution < -0.4 is 14.8 Å². The van der Waals surface area contributed by atoms with Gasteiger partial charge in [0.2, 0.25) is 5.13 Å². The zero-order chi connectivity index (χ0) is 24.5. The number of hydrogen-bond donors (Lipinski definition) is 1. The van der Waals surface area contributed by atoms with E-state index >= 15 is 0 Å².